The minimum Gasteiger partial charge on any atom is -0.395 e. The molecular weight excluding hydrogens is 674 g/mol. The molecule has 4 amide bonds. The number of nitrogens with zero attached hydrogens (tertiary/aromatic N) is 1. The Kier molecular flexibility index (Phi) is 17.6. The molecule has 5 N–H and O–H groups in total. The Bertz CT molecular complexity index is 1480. The predicted octanol–water partition coefficient (Wildman–Crippen LogP) is 3.80. The third kappa shape index (κ3) is 15.0. The lowest BCUT2D eigenvalue weighted by Gasteiger charge is -2.30. The Balaban J connectivity index is 0. The molecule has 0 saturated carbocycles. The Morgan fingerprint density at radius 3 is 1.77 bits per heavy atom. The fourth-order valence-corrected chi connectivity index (χ4v) is 6.26. The summed E-state index contributed by atoms with van der Waals surface area (Å²) >= 11 is 0. The average molecular weight is 744 g/mol. The summed E-state index contributed by atoms with van der Waals surface area (Å²) in [6.07, 6.45) is 1.62. The second kappa shape index (κ2) is 21.5. The van der Waals surface area contributed by atoms with Crippen molar-refractivity contribution in [2.24, 2.45) is 17.3 Å². The molecule has 3 rings (SSSR count). The monoisotopic (exact) mass is 744 g/mol. The van der Waals surface area contributed by atoms with Crippen LogP contribution in [0.5, 0.6) is 0 Å². The van der Waals surface area contributed by atoms with Crippen LogP contribution in [0.25, 0.3) is 0 Å². The van der Waals surface area contributed by atoms with Crippen LogP contribution >= 0.6 is 0 Å². The highest BCUT2D eigenvalue weighted by molar-refractivity contribution is 5.97. The van der Waals surface area contributed by atoms with Crippen LogP contribution in [0, 0.1) is 17.3 Å². The maximum absolute atomic E-state index is 14.1. The molecule has 4 atom stereocenters. The zero-order valence-corrected chi connectivity index (χ0v) is 32.4. The first-order valence-corrected chi connectivity index (χ1v) is 18.9. The molecule has 0 radical (unpaired) electrons. The second-order valence-electron chi connectivity index (χ2n) is 15.6. The van der Waals surface area contributed by atoms with Crippen molar-refractivity contribution in [2.45, 2.75) is 97.8 Å². The normalized spacial score (nSPS) is 15.9. The van der Waals surface area contributed by atoms with Crippen LogP contribution < -0.4 is 21.3 Å². The van der Waals surface area contributed by atoms with Crippen LogP contribution in [0.15, 0.2) is 60.7 Å². The third-order valence-electron chi connectivity index (χ3n) is 9.35. The third-order valence-corrected chi connectivity index (χ3v) is 9.35. The van der Waals surface area contributed by atoms with Crippen molar-refractivity contribution in [3.63, 3.8) is 0 Å². The summed E-state index contributed by atoms with van der Waals surface area (Å²) in [6.45, 7) is 13.1. The number of nitrogens with one attached hydrogen (secondary N) is 4. The number of rotatable bonds is 21. The number of aliphatic hydroxyl groups is 1. The number of hydrogen-bond donors (Lipinski definition) is 5. The highest BCUT2D eigenvalue weighted by Gasteiger charge is 2.37. The number of carbonyl (C=O) groups is 5. The van der Waals surface area contributed by atoms with Gasteiger partial charge in [-0.1, -0.05) is 102 Å². The van der Waals surface area contributed by atoms with E-state index in [9.17, 15) is 29.1 Å². The van der Waals surface area contributed by atoms with E-state index in [1.54, 1.807) is 13.8 Å². The van der Waals surface area contributed by atoms with Gasteiger partial charge in [-0.05, 0) is 48.6 Å². The molecule has 1 heterocycles. The number of ether oxygens (including phenoxy) is 1. The van der Waals surface area contributed by atoms with Gasteiger partial charge in [0.05, 0.1) is 32.4 Å². The number of hydrogen-bond acceptors (Lipinski definition) is 8. The molecule has 0 bridgehead atoms. The molecule has 0 unspecified atom stereocenters. The fraction of sp³-hybridized carbons (Fsp3) is 0.585. The van der Waals surface area contributed by atoms with Crippen molar-refractivity contribution in [3.8, 4) is 0 Å². The van der Waals surface area contributed by atoms with Gasteiger partial charge in [-0.15, -0.1) is 0 Å². The van der Waals surface area contributed by atoms with Gasteiger partial charge in [-0.3, -0.25) is 28.9 Å². The second-order valence-corrected chi connectivity index (χ2v) is 15.6. The van der Waals surface area contributed by atoms with E-state index >= 15 is 0 Å². The van der Waals surface area contributed by atoms with E-state index in [2.05, 4.69) is 21.3 Å². The average Bonchev–Trinajstić information content (AvgIpc) is 3.12. The quantitative estimate of drug-likeness (QED) is 0.129. The van der Waals surface area contributed by atoms with E-state index in [0.29, 0.717) is 45.6 Å². The van der Waals surface area contributed by atoms with Gasteiger partial charge in [0.15, 0.2) is 5.78 Å². The van der Waals surface area contributed by atoms with E-state index in [0.717, 1.165) is 11.1 Å². The lowest BCUT2D eigenvalue weighted by Crippen LogP contribution is -2.59. The fourth-order valence-electron chi connectivity index (χ4n) is 6.26. The van der Waals surface area contributed by atoms with Crippen LogP contribution in [0.4, 0.5) is 0 Å². The minimum atomic E-state index is -1.08. The maximum Gasteiger partial charge on any atom is 0.243 e. The summed E-state index contributed by atoms with van der Waals surface area (Å²) in [5.41, 5.74) is 0.728. The van der Waals surface area contributed by atoms with E-state index in [-0.39, 0.29) is 55.2 Å². The first-order valence-electron chi connectivity index (χ1n) is 18.9. The molecule has 2 aromatic rings. The van der Waals surface area contributed by atoms with Crippen molar-refractivity contribution in [2.75, 3.05) is 39.5 Å². The van der Waals surface area contributed by atoms with E-state index in [1.807, 2.05) is 93.3 Å². The molecule has 300 valence electrons. The number of ketones is 1. The number of morpholine rings is 1. The van der Waals surface area contributed by atoms with Gasteiger partial charge in [0, 0.05) is 30.6 Å². The van der Waals surface area contributed by atoms with Crippen LogP contribution in [0.1, 0.15) is 77.6 Å². The molecular formula is C41H69N5O7. The summed E-state index contributed by atoms with van der Waals surface area (Å²) < 4.78 is 5.40. The molecule has 1 saturated heterocycles. The van der Waals surface area contributed by atoms with Gasteiger partial charge < -0.3 is 31.1 Å². The minimum absolute atomic E-state index is 0. The van der Waals surface area contributed by atoms with Gasteiger partial charge in [0.1, 0.15) is 18.1 Å². The van der Waals surface area contributed by atoms with Gasteiger partial charge in [-0.25, -0.2) is 0 Å². The van der Waals surface area contributed by atoms with Crippen LogP contribution in [-0.2, 0) is 41.6 Å². The van der Waals surface area contributed by atoms with Crippen molar-refractivity contribution < 1.29 is 39.5 Å². The predicted molar refractivity (Wildman–Crippen MR) is 213 cm³/mol. The maximum atomic E-state index is 14.1. The SMILES string of the molecule is CC(C)C[C@H](NC(=O)[C@H](CCc1ccccc1)NC(=O)CN1CCOCC1)C(=O)N[C@@H](Cc1ccccc1)C(=O)N[C@@H](CC(C)C)C(=O)C(C)(C)CO.[HH].[HH].[HH].[HH]. The molecule has 1 aliphatic heterocycles. The standard InChI is InChI=1S/C41H61N5O7.4H2/c1-28(2)23-33(37(49)41(5,6)27-47)43-40(52)35(25-31-15-11-8-12-16-31)45-39(51)34(24-29(3)4)44-38(50)32(18-17-30-13-9-7-10-14-30)42-36(48)26-46-19-21-53-22-20-46;;;;/h7-16,28-29,32-35,47H,17-27H2,1-6H3,(H,42,48)(H,43,52)(H,44,50)(H,45,51);4*1H/t32-,33-,34-,35-;;;;/m0..../s1. The number of benzene rings is 2. The van der Waals surface area contributed by atoms with Gasteiger partial charge >= 0.3 is 0 Å². The zero-order chi connectivity index (χ0) is 39.0. The highest BCUT2D eigenvalue weighted by Crippen LogP contribution is 2.21. The summed E-state index contributed by atoms with van der Waals surface area (Å²) in [7, 11) is 0. The first kappa shape index (κ1) is 43.3. The number of amides is 4. The number of Topliss-reactive ketones (excluding diaryl/α,β-unsaturated/α-hetero) is 1. The van der Waals surface area contributed by atoms with Crippen molar-refractivity contribution in [1.29, 1.82) is 0 Å². The lowest BCUT2D eigenvalue weighted by atomic mass is 9.82. The van der Waals surface area contributed by atoms with E-state index in [1.165, 1.54) is 0 Å². The van der Waals surface area contributed by atoms with Gasteiger partial charge in [0.25, 0.3) is 0 Å². The van der Waals surface area contributed by atoms with E-state index in [4.69, 9.17) is 4.74 Å². The number of aryl methyl sites for hydroxylation is 1. The van der Waals surface area contributed by atoms with Crippen LogP contribution in [-0.4, -0.2) is 103 Å². The molecule has 1 aliphatic rings. The largest absolute Gasteiger partial charge is 0.395 e. The van der Waals surface area contributed by atoms with Gasteiger partial charge in [0.2, 0.25) is 23.6 Å². The molecule has 0 aliphatic carbocycles. The first-order chi connectivity index (χ1) is 25.2. The van der Waals surface area contributed by atoms with E-state index < -0.39 is 47.3 Å². The number of aliphatic hydroxyl groups excluding tert-OH is 1. The Hall–Kier alpha value is -4.13. The van der Waals surface area contributed by atoms with Crippen molar-refractivity contribution in [1.82, 2.24) is 26.2 Å². The van der Waals surface area contributed by atoms with Crippen LogP contribution in [0.2, 0.25) is 0 Å². The summed E-state index contributed by atoms with van der Waals surface area (Å²) in [5.74, 6) is -2.10. The zero-order valence-electron chi connectivity index (χ0n) is 32.4. The molecule has 0 spiro atoms. The lowest BCUT2D eigenvalue weighted by molar-refractivity contribution is -0.137. The van der Waals surface area contributed by atoms with Crippen molar-refractivity contribution >= 4 is 29.4 Å². The highest BCUT2D eigenvalue weighted by atomic mass is 16.5. The molecule has 1 fully saturated rings. The Morgan fingerprint density at radius 2 is 1.21 bits per heavy atom. The van der Waals surface area contributed by atoms with Crippen molar-refractivity contribution in [3.05, 3.63) is 71.8 Å². The van der Waals surface area contributed by atoms with Gasteiger partial charge in [-0.2, -0.15) is 0 Å². The smallest absolute Gasteiger partial charge is 0.243 e. The summed E-state index contributed by atoms with van der Waals surface area (Å²) in [4.78, 5) is 70.7. The topological polar surface area (TPSA) is 166 Å². The molecule has 53 heavy (non-hydrogen) atoms. The molecule has 2 aromatic carbocycles. The Morgan fingerprint density at radius 1 is 0.717 bits per heavy atom. The number of carbonyl (C=O) groups excluding carboxylic acids is 5. The molecule has 12 nitrogen and oxygen atoms in total. The summed E-state index contributed by atoms with van der Waals surface area (Å²) in [6, 6.07) is 15.0. The summed E-state index contributed by atoms with van der Waals surface area (Å²) in [5, 5.41) is 21.5. The van der Waals surface area contributed by atoms with Crippen LogP contribution in [0.3, 0.4) is 0 Å². The molecule has 0 aromatic heterocycles. The Labute approximate surface area is 321 Å². The molecule has 12 heteroatoms.